The molecular weight excluding hydrogens is 264 g/mol. The van der Waals surface area contributed by atoms with E-state index in [1.54, 1.807) is 6.20 Å². The first kappa shape index (κ1) is 12.4. The summed E-state index contributed by atoms with van der Waals surface area (Å²) in [7, 11) is 0. The maximum Gasteiger partial charge on any atom is 0.160 e. The third-order valence-electron chi connectivity index (χ3n) is 4.03. The molecule has 2 aromatic heterocycles. The van der Waals surface area contributed by atoms with Crippen LogP contribution < -0.4 is 0 Å². The van der Waals surface area contributed by atoms with Gasteiger partial charge in [-0.25, -0.2) is 9.97 Å². The van der Waals surface area contributed by atoms with Gasteiger partial charge in [-0.3, -0.25) is 0 Å². The average Bonchev–Trinajstić information content (AvgIpc) is 2.84. The van der Waals surface area contributed by atoms with Gasteiger partial charge in [0.25, 0.3) is 0 Å². The number of allylic oxidation sites excluding steroid dienone is 2. The molecule has 3 heterocycles. The Labute approximate surface area is 123 Å². The van der Waals surface area contributed by atoms with E-state index in [4.69, 9.17) is 9.47 Å². The number of hydrogen-bond acceptors (Lipinski definition) is 4. The maximum atomic E-state index is 5.76. The predicted molar refractivity (Wildman–Crippen MR) is 79.7 cm³/mol. The Morgan fingerprint density at radius 3 is 2.90 bits per heavy atom. The number of ether oxygens (including phenoxy) is 2. The summed E-state index contributed by atoms with van der Waals surface area (Å²) >= 11 is 0. The second-order valence-electron chi connectivity index (χ2n) is 5.45. The van der Waals surface area contributed by atoms with Crippen molar-refractivity contribution in [2.24, 2.45) is 0 Å². The molecule has 4 heteroatoms. The van der Waals surface area contributed by atoms with Crippen LogP contribution in [0.1, 0.15) is 24.1 Å². The molecule has 4 rings (SSSR count). The molecule has 21 heavy (non-hydrogen) atoms. The normalized spacial score (nSPS) is 20.9. The zero-order valence-electron chi connectivity index (χ0n) is 12.1. The number of fused-ring (bicyclic) bond motifs is 2. The molecule has 0 amide bonds. The quantitative estimate of drug-likeness (QED) is 0.804. The summed E-state index contributed by atoms with van der Waals surface area (Å²) in [6.07, 6.45) is 3.92. The van der Waals surface area contributed by atoms with Crippen molar-refractivity contribution < 1.29 is 9.47 Å². The Hall–Kier alpha value is -2.36. The topological polar surface area (TPSA) is 44.2 Å². The van der Waals surface area contributed by atoms with Crippen LogP contribution in [0.15, 0.2) is 47.6 Å². The molecule has 1 aliphatic carbocycles. The van der Waals surface area contributed by atoms with Crippen LogP contribution in [0.4, 0.5) is 0 Å². The maximum absolute atomic E-state index is 5.76. The highest BCUT2D eigenvalue weighted by atomic mass is 16.6. The molecule has 1 fully saturated rings. The van der Waals surface area contributed by atoms with Crippen molar-refractivity contribution >= 4 is 11.0 Å². The minimum Gasteiger partial charge on any atom is -0.486 e. The number of pyridine rings is 2. The summed E-state index contributed by atoms with van der Waals surface area (Å²) in [6, 6.07) is 6.16. The summed E-state index contributed by atoms with van der Waals surface area (Å²) < 4.78 is 11.5. The first-order valence-corrected chi connectivity index (χ1v) is 7.15. The van der Waals surface area contributed by atoms with Crippen LogP contribution in [0.3, 0.4) is 0 Å². The van der Waals surface area contributed by atoms with Crippen LogP contribution in [0.2, 0.25) is 0 Å². The van der Waals surface area contributed by atoms with Crippen LogP contribution in [0.25, 0.3) is 11.0 Å². The van der Waals surface area contributed by atoms with Crippen LogP contribution in [0, 0.1) is 6.92 Å². The van der Waals surface area contributed by atoms with E-state index in [0.717, 1.165) is 28.2 Å². The van der Waals surface area contributed by atoms with Crippen molar-refractivity contribution in [1.82, 2.24) is 9.97 Å². The molecule has 1 aliphatic heterocycles. The van der Waals surface area contributed by atoms with Crippen LogP contribution in [-0.2, 0) is 9.47 Å². The monoisotopic (exact) mass is 280 g/mol. The predicted octanol–water partition coefficient (Wildman–Crippen LogP) is 3.24. The molecule has 0 radical (unpaired) electrons. The van der Waals surface area contributed by atoms with E-state index < -0.39 is 0 Å². The number of aryl methyl sites for hydroxylation is 1. The highest BCUT2D eigenvalue weighted by Gasteiger charge is 2.30. The first-order chi connectivity index (χ1) is 10.2. The highest BCUT2D eigenvalue weighted by Crippen LogP contribution is 2.42. The van der Waals surface area contributed by atoms with Gasteiger partial charge in [-0.1, -0.05) is 0 Å². The Morgan fingerprint density at radius 2 is 2.05 bits per heavy atom. The summed E-state index contributed by atoms with van der Waals surface area (Å²) in [5.41, 5.74) is 4.18. The van der Waals surface area contributed by atoms with E-state index in [0.29, 0.717) is 13.2 Å². The van der Waals surface area contributed by atoms with Gasteiger partial charge in [0, 0.05) is 23.2 Å². The Bertz CT molecular complexity index is 792. The molecule has 4 nitrogen and oxygen atoms in total. The van der Waals surface area contributed by atoms with Gasteiger partial charge >= 0.3 is 0 Å². The van der Waals surface area contributed by atoms with Gasteiger partial charge in [0.1, 0.15) is 13.2 Å². The summed E-state index contributed by atoms with van der Waals surface area (Å²) in [5, 5.41) is 1.09. The Morgan fingerprint density at radius 1 is 1.19 bits per heavy atom. The molecule has 1 atom stereocenters. The molecule has 106 valence electrons. The highest BCUT2D eigenvalue weighted by molar-refractivity contribution is 5.80. The van der Waals surface area contributed by atoms with Crippen molar-refractivity contribution in [2.75, 3.05) is 13.2 Å². The molecule has 0 N–H and O–H groups in total. The fourth-order valence-electron chi connectivity index (χ4n) is 3.08. The van der Waals surface area contributed by atoms with Gasteiger partial charge in [0.05, 0.1) is 0 Å². The largest absolute Gasteiger partial charge is 0.486 e. The standard InChI is InChI=1S/C17H16N2O2/c1-10-8-14(12-4-3-5-18-17(12)19-10)13-9-15-16(11(13)2)21-7-6-20-15/h3-5,8-9,13H,6-7H2,1-2H3. The fourth-order valence-corrected chi connectivity index (χ4v) is 3.08. The lowest BCUT2D eigenvalue weighted by atomic mass is 9.92. The van der Waals surface area contributed by atoms with E-state index in [1.807, 2.05) is 13.0 Å². The van der Waals surface area contributed by atoms with Gasteiger partial charge in [0.15, 0.2) is 17.2 Å². The van der Waals surface area contributed by atoms with Crippen molar-refractivity contribution in [2.45, 2.75) is 19.8 Å². The fraction of sp³-hybridized carbons (Fsp3) is 0.294. The third-order valence-corrected chi connectivity index (χ3v) is 4.03. The molecule has 0 aromatic carbocycles. The summed E-state index contributed by atoms with van der Waals surface area (Å²) in [5.74, 6) is 1.94. The summed E-state index contributed by atoms with van der Waals surface area (Å²) in [4.78, 5) is 8.89. The van der Waals surface area contributed by atoms with E-state index >= 15 is 0 Å². The number of nitrogens with zero attached hydrogens (tertiary/aromatic N) is 2. The van der Waals surface area contributed by atoms with Crippen LogP contribution >= 0.6 is 0 Å². The van der Waals surface area contributed by atoms with Crippen molar-refractivity contribution in [1.29, 1.82) is 0 Å². The smallest absolute Gasteiger partial charge is 0.160 e. The molecule has 0 saturated carbocycles. The third kappa shape index (κ3) is 1.90. The lowest BCUT2D eigenvalue weighted by Crippen LogP contribution is -2.12. The van der Waals surface area contributed by atoms with E-state index in [9.17, 15) is 0 Å². The second kappa shape index (κ2) is 4.58. The SMILES string of the molecule is CC1=C2OCCOC2=CC1c1cc(C)nc2ncccc12. The molecule has 1 saturated heterocycles. The second-order valence-corrected chi connectivity index (χ2v) is 5.45. The van der Waals surface area contributed by atoms with Crippen molar-refractivity contribution in [3.8, 4) is 0 Å². The van der Waals surface area contributed by atoms with E-state index in [2.05, 4.69) is 35.1 Å². The lowest BCUT2D eigenvalue weighted by molar-refractivity contribution is 0.0602. The van der Waals surface area contributed by atoms with Crippen LogP contribution in [0.5, 0.6) is 0 Å². The molecule has 0 bridgehead atoms. The number of aromatic nitrogens is 2. The lowest BCUT2D eigenvalue weighted by Gasteiger charge is -2.19. The first-order valence-electron chi connectivity index (χ1n) is 7.15. The van der Waals surface area contributed by atoms with Gasteiger partial charge in [-0.2, -0.15) is 0 Å². The minimum atomic E-state index is 0.168. The zero-order chi connectivity index (χ0) is 14.4. The van der Waals surface area contributed by atoms with Gasteiger partial charge in [-0.05, 0) is 49.3 Å². The van der Waals surface area contributed by atoms with E-state index in [-0.39, 0.29) is 5.92 Å². The Kier molecular flexibility index (Phi) is 2.70. The van der Waals surface area contributed by atoms with Gasteiger partial charge < -0.3 is 9.47 Å². The molecule has 1 unspecified atom stereocenters. The zero-order valence-corrected chi connectivity index (χ0v) is 12.1. The van der Waals surface area contributed by atoms with Crippen LogP contribution in [-0.4, -0.2) is 23.2 Å². The molecule has 0 spiro atoms. The number of hydrogen-bond donors (Lipinski definition) is 0. The summed E-state index contributed by atoms with van der Waals surface area (Å²) in [6.45, 7) is 5.35. The van der Waals surface area contributed by atoms with Gasteiger partial charge in [0.2, 0.25) is 0 Å². The van der Waals surface area contributed by atoms with E-state index in [1.165, 1.54) is 11.1 Å². The Balaban J connectivity index is 1.92. The molecule has 2 aromatic rings. The molecular formula is C17H16N2O2. The van der Waals surface area contributed by atoms with Crippen molar-refractivity contribution in [3.05, 3.63) is 58.8 Å². The number of rotatable bonds is 1. The minimum absolute atomic E-state index is 0.168. The average molecular weight is 280 g/mol. The van der Waals surface area contributed by atoms with Gasteiger partial charge in [-0.15, -0.1) is 0 Å². The van der Waals surface area contributed by atoms with Crippen molar-refractivity contribution in [3.63, 3.8) is 0 Å². The molecule has 2 aliphatic rings.